The Morgan fingerprint density at radius 3 is 2.39 bits per heavy atom. The summed E-state index contributed by atoms with van der Waals surface area (Å²) >= 11 is 0. The van der Waals surface area contributed by atoms with E-state index in [1.54, 1.807) is 37.5 Å². The highest BCUT2D eigenvalue weighted by atomic mass is 32.2. The molecule has 0 heterocycles. The molecule has 0 radical (unpaired) electrons. The molecule has 0 aliphatic carbocycles. The summed E-state index contributed by atoms with van der Waals surface area (Å²) in [5.74, 6) is 1.46. The van der Waals surface area contributed by atoms with Crippen LogP contribution in [0.3, 0.4) is 0 Å². The molecular weight excluding hydrogens is 420 g/mol. The molecule has 0 aliphatic heterocycles. The topological polar surface area (TPSA) is 103 Å². The van der Waals surface area contributed by atoms with Crippen molar-refractivity contribution in [1.82, 2.24) is 10.0 Å². The fourth-order valence-electron chi connectivity index (χ4n) is 2.56. The van der Waals surface area contributed by atoms with E-state index in [2.05, 4.69) is 10.0 Å². The van der Waals surface area contributed by atoms with Crippen LogP contribution in [0.25, 0.3) is 6.08 Å². The Balaban J connectivity index is 1.82. The molecule has 0 bridgehead atoms. The zero-order chi connectivity index (χ0) is 22.7. The Morgan fingerprint density at radius 1 is 1.00 bits per heavy atom. The Labute approximate surface area is 183 Å². The normalized spacial score (nSPS) is 11.3. The maximum Gasteiger partial charge on any atom is 0.244 e. The number of ether oxygens (including phenoxy) is 3. The van der Waals surface area contributed by atoms with Crippen LogP contribution in [0.5, 0.6) is 17.2 Å². The molecule has 0 aromatic heterocycles. The smallest absolute Gasteiger partial charge is 0.244 e. The number of hydrogen-bond donors (Lipinski definition) is 2. The van der Waals surface area contributed by atoms with E-state index in [1.165, 1.54) is 25.3 Å². The van der Waals surface area contributed by atoms with E-state index in [-0.39, 0.29) is 23.9 Å². The van der Waals surface area contributed by atoms with Crippen LogP contribution in [-0.4, -0.2) is 48.2 Å². The van der Waals surface area contributed by atoms with Crippen LogP contribution in [0.1, 0.15) is 18.9 Å². The molecule has 0 unspecified atom stereocenters. The number of rotatable bonds is 12. The van der Waals surface area contributed by atoms with E-state index >= 15 is 0 Å². The van der Waals surface area contributed by atoms with Gasteiger partial charge in [0, 0.05) is 19.2 Å². The lowest BCUT2D eigenvalue weighted by Crippen LogP contribution is -2.34. The van der Waals surface area contributed by atoms with Crippen molar-refractivity contribution in [3.05, 3.63) is 54.1 Å². The third-order valence-corrected chi connectivity index (χ3v) is 5.64. The Kier molecular flexibility index (Phi) is 9.36. The number of benzene rings is 2. The van der Waals surface area contributed by atoms with Crippen molar-refractivity contribution in [3.8, 4) is 17.2 Å². The fourth-order valence-corrected chi connectivity index (χ4v) is 3.59. The molecule has 2 rings (SSSR count). The fraction of sp³-hybridized carbons (Fsp3) is 0.318. The minimum Gasteiger partial charge on any atom is -0.497 e. The Bertz CT molecular complexity index is 988. The van der Waals surface area contributed by atoms with Gasteiger partial charge in [0.2, 0.25) is 15.9 Å². The van der Waals surface area contributed by atoms with Crippen molar-refractivity contribution in [2.45, 2.75) is 18.2 Å². The highest BCUT2D eigenvalue weighted by Gasteiger charge is 2.13. The Hall–Kier alpha value is -3.04. The van der Waals surface area contributed by atoms with Gasteiger partial charge in [0.25, 0.3) is 0 Å². The molecule has 0 atom stereocenters. The molecule has 0 saturated heterocycles. The first-order valence-corrected chi connectivity index (χ1v) is 11.3. The molecule has 9 heteroatoms. The first-order valence-electron chi connectivity index (χ1n) is 9.80. The number of sulfonamides is 1. The SMILES string of the molecule is CCCOc1ccc(/C=C/C(=O)NCCNS(=O)(=O)c2ccc(OC)cc2)cc1OC. The number of hydrogen-bond acceptors (Lipinski definition) is 6. The van der Waals surface area contributed by atoms with Crippen molar-refractivity contribution in [3.63, 3.8) is 0 Å². The summed E-state index contributed by atoms with van der Waals surface area (Å²) in [6, 6.07) is 11.4. The van der Waals surface area contributed by atoms with E-state index in [9.17, 15) is 13.2 Å². The van der Waals surface area contributed by atoms with Gasteiger partial charge < -0.3 is 19.5 Å². The van der Waals surface area contributed by atoms with Crippen LogP contribution in [0.2, 0.25) is 0 Å². The maximum absolute atomic E-state index is 12.2. The highest BCUT2D eigenvalue weighted by Crippen LogP contribution is 2.28. The van der Waals surface area contributed by atoms with E-state index in [4.69, 9.17) is 14.2 Å². The third kappa shape index (κ3) is 7.62. The van der Waals surface area contributed by atoms with Gasteiger partial charge in [0.1, 0.15) is 5.75 Å². The first kappa shape index (κ1) is 24.2. The Morgan fingerprint density at radius 2 is 1.74 bits per heavy atom. The average Bonchev–Trinajstić information content (AvgIpc) is 2.79. The maximum atomic E-state index is 12.2. The number of carbonyl (C=O) groups is 1. The number of carbonyl (C=O) groups excluding carboxylic acids is 1. The molecule has 0 saturated carbocycles. The molecule has 0 spiro atoms. The van der Waals surface area contributed by atoms with Gasteiger partial charge in [0.05, 0.1) is 25.7 Å². The van der Waals surface area contributed by atoms with Crippen molar-refractivity contribution < 1.29 is 27.4 Å². The second kappa shape index (κ2) is 12.0. The van der Waals surface area contributed by atoms with Gasteiger partial charge in [-0.2, -0.15) is 0 Å². The van der Waals surface area contributed by atoms with Crippen LogP contribution >= 0.6 is 0 Å². The second-order valence-corrected chi connectivity index (χ2v) is 8.22. The molecule has 1 amide bonds. The lowest BCUT2D eigenvalue weighted by Gasteiger charge is -2.10. The molecule has 0 fully saturated rings. The molecule has 2 aromatic rings. The number of amides is 1. The van der Waals surface area contributed by atoms with Crippen LogP contribution in [0.4, 0.5) is 0 Å². The van der Waals surface area contributed by atoms with Gasteiger partial charge in [-0.15, -0.1) is 0 Å². The van der Waals surface area contributed by atoms with Gasteiger partial charge in [-0.05, 0) is 54.5 Å². The van der Waals surface area contributed by atoms with Crippen molar-refractivity contribution in [2.75, 3.05) is 33.9 Å². The van der Waals surface area contributed by atoms with Crippen LogP contribution in [0, 0.1) is 0 Å². The summed E-state index contributed by atoms with van der Waals surface area (Å²) in [5, 5.41) is 2.63. The quantitative estimate of drug-likeness (QED) is 0.382. The third-order valence-electron chi connectivity index (χ3n) is 4.16. The standard InChI is InChI=1S/C22H28N2O6S/c1-4-15-30-20-11-5-17(16-21(20)29-3)6-12-22(25)23-13-14-24-31(26,27)19-9-7-18(28-2)8-10-19/h5-12,16,24H,4,13-15H2,1-3H3,(H,23,25)/b12-6+. The van der Waals surface area contributed by atoms with Crippen molar-refractivity contribution >= 4 is 22.0 Å². The lowest BCUT2D eigenvalue weighted by molar-refractivity contribution is -0.116. The largest absolute Gasteiger partial charge is 0.497 e. The summed E-state index contributed by atoms with van der Waals surface area (Å²) in [7, 11) is -0.594. The lowest BCUT2D eigenvalue weighted by atomic mass is 10.2. The highest BCUT2D eigenvalue weighted by molar-refractivity contribution is 7.89. The molecule has 2 N–H and O–H groups in total. The summed E-state index contributed by atoms with van der Waals surface area (Å²) in [6.45, 7) is 2.82. The summed E-state index contributed by atoms with van der Waals surface area (Å²) < 4.78 is 42.9. The van der Waals surface area contributed by atoms with E-state index in [0.29, 0.717) is 23.9 Å². The van der Waals surface area contributed by atoms with Gasteiger partial charge in [-0.25, -0.2) is 13.1 Å². The molecular formula is C22H28N2O6S. The minimum atomic E-state index is -3.66. The number of nitrogens with one attached hydrogen (secondary N) is 2. The monoisotopic (exact) mass is 448 g/mol. The molecule has 31 heavy (non-hydrogen) atoms. The minimum absolute atomic E-state index is 0.0607. The van der Waals surface area contributed by atoms with Crippen molar-refractivity contribution in [2.24, 2.45) is 0 Å². The molecule has 2 aromatic carbocycles. The summed E-state index contributed by atoms with van der Waals surface area (Å²) in [6.07, 6.45) is 3.91. The second-order valence-electron chi connectivity index (χ2n) is 6.46. The predicted octanol–water partition coefficient (Wildman–Crippen LogP) is 2.60. The van der Waals surface area contributed by atoms with Gasteiger partial charge in [0.15, 0.2) is 11.5 Å². The van der Waals surface area contributed by atoms with Gasteiger partial charge >= 0.3 is 0 Å². The van der Waals surface area contributed by atoms with E-state index in [1.807, 2.05) is 13.0 Å². The average molecular weight is 449 g/mol. The molecule has 0 aliphatic rings. The molecule has 168 valence electrons. The van der Waals surface area contributed by atoms with Crippen LogP contribution in [-0.2, 0) is 14.8 Å². The summed E-state index contributed by atoms with van der Waals surface area (Å²) in [4.78, 5) is 12.1. The first-order chi connectivity index (χ1) is 14.9. The van der Waals surface area contributed by atoms with Gasteiger partial charge in [-0.3, -0.25) is 4.79 Å². The van der Waals surface area contributed by atoms with Gasteiger partial charge in [-0.1, -0.05) is 13.0 Å². The van der Waals surface area contributed by atoms with E-state index in [0.717, 1.165) is 12.0 Å². The number of methoxy groups -OCH3 is 2. The van der Waals surface area contributed by atoms with Crippen LogP contribution in [0.15, 0.2) is 53.4 Å². The van der Waals surface area contributed by atoms with Crippen molar-refractivity contribution in [1.29, 1.82) is 0 Å². The molecule has 8 nitrogen and oxygen atoms in total. The zero-order valence-corrected chi connectivity index (χ0v) is 18.7. The van der Waals surface area contributed by atoms with Crippen LogP contribution < -0.4 is 24.2 Å². The van der Waals surface area contributed by atoms with E-state index < -0.39 is 10.0 Å². The summed E-state index contributed by atoms with van der Waals surface area (Å²) in [5.41, 5.74) is 0.774. The predicted molar refractivity (Wildman–Crippen MR) is 119 cm³/mol. The zero-order valence-electron chi connectivity index (χ0n) is 17.9.